The Kier molecular flexibility index (Phi) is 14.7. The Morgan fingerprint density at radius 3 is 1.85 bits per heavy atom. The van der Waals surface area contributed by atoms with E-state index >= 15 is 0 Å². The fraction of sp³-hybridized carbons (Fsp3) is 0.167. The fourth-order valence-electron chi connectivity index (χ4n) is 0.983. The van der Waals surface area contributed by atoms with Crippen LogP contribution in [0.4, 0.5) is 0 Å². The van der Waals surface area contributed by atoms with Gasteiger partial charge in [-0.25, -0.2) is 4.79 Å². The summed E-state index contributed by atoms with van der Waals surface area (Å²) in [4.78, 5) is 10.0. The van der Waals surface area contributed by atoms with Gasteiger partial charge in [0.25, 0.3) is 0 Å². The van der Waals surface area contributed by atoms with Gasteiger partial charge in [-0.15, -0.1) is 0 Å². The van der Waals surface area contributed by atoms with Crippen LogP contribution >= 0.6 is 0 Å². The van der Waals surface area contributed by atoms with Crippen molar-refractivity contribution in [1.82, 2.24) is 0 Å². The Morgan fingerprint density at radius 1 is 1.15 bits per heavy atom. The molecular weight excluding hydrogens is 248 g/mol. The number of carboxylic acids is 1. The molecule has 0 atom stereocenters. The van der Waals surface area contributed by atoms with Gasteiger partial charge in [-0.2, -0.15) is 0 Å². The van der Waals surface area contributed by atoms with Gasteiger partial charge in [0.05, 0.1) is 0 Å². The van der Waals surface area contributed by atoms with Crippen molar-refractivity contribution in [2.75, 3.05) is 0 Å². The van der Waals surface area contributed by atoms with Gasteiger partial charge in [0.2, 0.25) is 0 Å². The zero-order valence-corrected chi connectivity index (χ0v) is 12.4. The van der Waals surface area contributed by atoms with E-state index in [4.69, 9.17) is 5.11 Å². The third-order valence-corrected chi connectivity index (χ3v) is 2.05. The van der Waals surface area contributed by atoms with Crippen molar-refractivity contribution in [2.24, 2.45) is 0 Å². The minimum absolute atomic E-state index is 0.424. The highest BCUT2D eigenvalue weighted by molar-refractivity contribution is 5.85. The van der Waals surface area contributed by atoms with E-state index in [0.717, 1.165) is 6.42 Å². The van der Waals surface area contributed by atoms with Crippen LogP contribution in [-0.2, 0) is 4.79 Å². The molecule has 0 aliphatic rings. The third kappa shape index (κ3) is 13.7. The van der Waals surface area contributed by atoms with E-state index in [1.54, 1.807) is 25.2 Å². The molecule has 0 aromatic heterocycles. The molecule has 20 heavy (non-hydrogen) atoms. The van der Waals surface area contributed by atoms with Gasteiger partial charge in [-0.05, 0) is 18.9 Å². The third-order valence-electron chi connectivity index (χ3n) is 2.05. The predicted molar refractivity (Wildman–Crippen MR) is 88.6 cm³/mol. The first-order chi connectivity index (χ1) is 9.53. The molecule has 2 heteroatoms. The smallest absolute Gasteiger partial charge is 0.330 e. The molecule has 0 unspecified atom stereocenters. The van der Waals surface area contributed by atoms with Crippen LogP contribution in [0.2, 0.25) is 0 Å². The molecule has 0 radical (unpaired) electrons. The van der Waals surface area contributed by atoms with Gasteiger partial charge >= 0.3 is 5.97 Å². The summed E-state index contributed by atoms with van der Waals surface area (Å²) in [5.74, 6) is -0.827. The molecule has 0 spiro atoms. The van der Waals surface area contributed by atoms with Crippen molar-refractivity contribution in [2.45, 2.75) is 20.3 Å². The van der Waals surface area contributed by atoms with E-state index in [0.29, 0.717) is 5.57 Å². The SMILES string of the molecule is C=CC=C.C=Cc1ccccc1.CCC=C(C)C(=O)O. The molecule has 0 aliphatic heterocycles. The Balaban J connectivity index is 0. The Bertz CT molecular complexity index is 422. The topological polar surface area (TPSA) is 37.3 Å². The van der Waals surface area contributed by atoms with Gasteiger partial charge in [-0.3, -0.25) is 0 Å². The van der Waals surface area contributed by atoms with Crippen LogP contribution < -0.4 is 0 Å². The van der Waals surface area contributed by atoms with Crippen LogP contribution in [-0.4, -0.2) is 11.1 Å². The van der Waals surface area contributed by atoms with Gasteiger partial charge < -0.3 is 5.11 Å². The number of benzene rings is 1. The number of carbonyl (C=O) groups is 1. The quantitative estimate of drug-likeness (QED) is 0.610. The first-order valence-corrected chi connectivity index (χ1v) is 6.34. The van der Waals surface area contributed by atoms with Gasteiger partial charge in [-0.1, -0.05) is 81.3 Å². The molecule has 0 saturated carbocycles. The van der Waals surface area contributed by atoms with Crippen molar-refractivity contribution >= 4 is 12.0 Å². The van der Waals surface area contributed by atoms with Crippen molar-refractivity contribution in [3.63, 3.8) is 0 Å². The lowest BCUT2D eigenvalue weighted by molar-refractivity contribution is -0.132. The molecule has 1 aromatic rings. The molecule has 0 heterocycles. The number of carboxylic acid groups (broad SMARTS) is 1. The molecule has 1 rings (SSSR count). The van der Waals surface area contributed by atoms with Crippen LogP contribution in [0.1, 0.15) is 25.8 Å². The maximum atomic E-state index is 10.0. The normalized spacial score (nSPS) is 9.00. The second-order valence-corrected chi connectivity index (χ2v) is 3.69. The zero-order chi connectivity index (χ0) is 15.8. The number of hydrogen-bond acceptors (Lipinski definition) is 1. The highest BCUT2D eigenvalue weighted by Crippen LogP contribution is 1.97. The summed E-state index contributed by atoms with van der Waals surface area (Å²) in [5.41, 5.74) is 1.60. The summed E-state index contributed by atoms with van der Waals surface area (Å²) in [7, 11) is 0. The van der Waals surface area contributed by atoms with E-state index < -0.39 is 5.97 Å². The van der Waals surface area contributed by atoms with Crippen LogP contribution in [0.3, 0.4) is 0 Å². The van der Waals surface area contributed by atoms with Crippen LogP contribution in [0, 0.1) is 0 Å². The number of allylic oxidation sites excluding steroid dienone is 3. The lowest BCUT2D eigenvalue weighted by Gasteiger charge is -1.87. The van der Waals surface area contributed by atoms with E-state index in [-0.39, 0.29) is 0 Å². The lowest BCUT2D eigenvalue weighted by Crippen LogP contribution is -1.94. The second-order valence-electron chi connectivity index (χ2n) is 3.69. The molecule has 0 aliphatic carbocycles. The number of rotatable bonds is 4. The molecule has 0 bridgehead atoms. The average molecular weight is 272 g/mol. The largest absolute Gasteiger partial charge is 0.478 e. The summed E-state index contributed by atoms with van der Waals surface area (Å²) >= 11 is 0. The Hall–Kier alpha value is -2.35. The molecule has 0 amide bonds. The standard InChI is InChI=1S/C8H8.C6H10O2.C4H6/c1-2-8-6-4-3-5-7-8;1-3-4-5(2)6(7)8;1-3-4-2/h2-7H,1H2;4H,3H2,1-2H3,(H,7,8);3-4H,1-2H2. The summed E-state index contributed by atoms with van der Waals surface area (Å²) in [5, 5.41) is 8.24. The minimum atomic E-state index is -0.827. The summed E-state index contributed by atoms with van der Waals surface area (Å²) in [6, 6.07) is 10.0. The lowest BCUT2D eigenvalue weighted by atomic mass is 10.2. The molecule has 1 N–H and O–H groups in total. The van der Waals surface area contributed by atoms with Crippen molar-refractivity contribution in [1.29, 1.82) is 0 Å². The number of aliphatic carboxylic acids is 1. The Morgan fingerprint density at radius 2 is 1.65 bits per heavy atom. The van der Waals surface area contributed by atoms with Crippen molar-refractivity contribution < 1.29 is 9.90 Å². The fourth-order valence-corrected chi connectivity index (χ4v) is 0.983. The summed E-state index contributed by atoms with van der Waals surface area (Å²) < 4.78 is 0. The van der Waals surface area contributed by atoms with Gasteiger partial charge in [0, 0.05) is 5.57 Å². The van der Waals surface area contributed by atoms with E-state index in [9.17, 15) is 4.79 Å². The van der Waals surface area contributed by atoms with Crippen molar-refractivity contribution in [3.8, 4) is 0 Å². The average Bonchev–Trinajstić information content (AvgIpc) is 2.49. The molecule has 0 saturated heterocycles. The maximum Gasteiger partial charge on any atom is 0.330 e. The van der Waals surface area contributed by atoms with E-state index in [2.05, 4.69) is 19.7 Å². The minimum Gasteiger partial charge on any atom is -0.478 e. The first kappa shape index (κ1) is 20.0. The highest BCUT2D eigenvalue weighted by Gasteiger charge is 1.94. The van der Waals surface area contributed by atoms with Gasteiger partial charge in [0.15, 0.2) is 0 Å². The Labute approximate surface area is 122 Å². The van der Waals surface area contributed by atoms with E-state index in [1.165, 1.54) is 5.56 Å². The van der Waals surface area contributed by atoms with Crippen molar-refractivity contribution in [3.05, 3.63) is 79.4 Å². The molecule has 1 aromatic carbocycles. The monoisotopic (exact) mass is 272 g/mol. The highest BCUT2D eigenvalue weighted by atomic mass is 16.4. The molecule has 0 fully saturated rings. The predicted octanol–water partition coefficient (Wildman–Crippen LogP) is 5.12. The first-order valence-electron chi connectivity index (χ1n) is 6.34. The maximum absolute atomic E-state index is 10.0. The van der Waals surface area contributed by atoms with Crippen LogP contribution in [0.5, 0.6) is 0 Å². The van der Waals surface area contributed by atoms with Gasteiger partial charge in [0.1, 0.15) is 0 Å². The number of hydrogen-bond donors (Lipinski definition) is 1. The molecule has 2 nitrogen and oxygen atoms in total. The summed E-state index contributed by atoms with van der Waals surface area (Å²) in [6.45, 7) is 13.9. The van der Waals surface area contributed by atoms with Crippen LogP contribution in [0.15, 0.2) is 73.9 Å². The zero-order valence-electron chi connectivity index (χ0n) is 12.4. The second kappa shape index (κ2) is 14.7. The molecular formula is C18H24O2. The summed E-state index contributed by atoms with van der Waals surface area (Å²) in [6.07, 6.45) is 7.58. The molecule has 108 valence electrons. The van der Waals surface area contributed by atoms with E-state index in [1.807, 2.05) is 43.3 Å². The van der Waals surface area contributed by atoms with Crippen LogP contribution in [0.25, 0.3) is 6.08 Å².